The third kappa shape index (κ3) is 2.56. The lowest BCUT2D eigenvalue weighted by atomic mass is 10.3. The largest absolute Gasteiger partial charge is 0.440 e. The van der Waals surface area contributed by atoms with E-state index in [0.29, 0.717) is 27.8 Å². The maximum atomic E-state index is 13.5. The van der Waals surface area contributed by atoms with Gasteiger partial charge in [0.15, 0.2) is 5.58 Å². The molecule has 2 N–H and O–H groups in total. The van der Waals surface area contributed by atoms with Crippen LogP contribution in [-0.4, -0.2) is 4.98 Å². The highest BCUT2D eigenvalue weighted by molar-refractivity contribution is 7.98. The lowest BCUT2D eigenvalue weighted by molar-refractivity contribution is 0.555. The van der Waals surface area contributed by atoms with Crippen molar-refractivity contribution in [2.75, 3.05) is 5.73 Å². The molecule has 1 aromatic heterocycles. The molecule has 0 spiro atoms. The minimum absolute atomic E-state index is 0.229. The third-order valence-electron chi connectivity index (χ3n) is 2.64. The Kier molecular flexibility index (Phi) is 3.13. The summed E-state index contributed by atoms with van der Waals surface area (Å²) in [5, 5.41) is 0. The summed E-state index contributed by atoms with van der Waals surface area (Å²) in [6.07, 6.45) is 0. The zero-order chi connectivity index (χ0) is 13.2. The van der Waals surface area contributed by atoms with Crippen molar-refractivity contribution in [3.8, 4) is 0 Å². The van der Waals surface area contributed by atoms with Gasteiger partial charge in [-0.05, 0) is 30.3 Å². The highest BCUT2D eigenvalue weighted by atomic mass is 32.2. The van der Waals surface area contributed by atoms with Gasteiger partial charge in [0, 0.05) is 10.6 Å². The summed E-state index contributed by atoms with van der Waals surface area (Å²) < 4.78 is 19.0. The van der Waals surface area contributed by atoms with E-state index in [4.69, 9.17) is 10.2 Å². The van der Waals surface area contributed by atoms with Crippen LogP contribution in [0.15, 0.2) is 51.8 Å². The molecule has 3 aromatic rings. The summed E-state index contributed by atoms with van der Waals surface area (Å²) in [5.41, 5.74) is 7.75. The van der Waals surface area contributed by atoms with E-state index < -0.39 is 0 Å². The van der Waals surface area contributed by atoms with Gasteiger partial charge in [-0.25, -0.2) is 9.37 Å². The predicted molar refractivity (Wildman–Crippen MR) is 74.4 cm³/mol. The van der Waals surface area contributed by atoms with Crippen molar-refractivity contribution >= 4 is 28.5 Å². The van der Waals surface area contributed by atoms with Crippen molar-refractivity contribution in [1.29, 1.82) is 0 Å². The molecule has 0 unspecified atom stereocenters. The van der Waals surface area contributed by atoms with Crippen LogP contribution in [0.1, 0.15) is 5.89 Å². The number of hydrogen-bond acceptors (Lipinski definition) is 4. The zero-order valence-corrected chi connectivity index (χ0v) is 10.8. The second kappa shape index (κ2) is 4.93. The molecular weight excluding hydrogens is 263 g/mol. The fourth-order valence-corrected chi connectivity index (χ4v) is 2.54. The minimum Gasteiger partial charge on any atom is -0.440 e. The summed E-state index contributed by atoms with van der Waals surface area (Å²) in [6, 6.07) is 12.0. The van der Waals surface area contributed by atoms with Crippen LogP contribution < -0.4 is 5.73 Å². The van der Waals surface area contributed by atoms with Crippen LogP contribution in [0.3, 0.4) is 0 Å². The Morgan fingerprint density at radius 1 is 1.21 bits per heavy atom. The Morgan fingerprint density at radius 3 is 2.89 bits per heavy atom. The van der Waals surface area contributed by atoms with Gasteiger partial charge < -0.3 is 10.2 Å². The van der Waals surface area contributed by atoms with Gasteiger partial charge in [0.1, 0.15) is 11.3 Å². The molecule has 0 saturated carbocycles. The monoisotopic (exact) mass is 274 g/mol. The van der Waals surface area contributed by atoms with Crippen molar-refractivity contribution in [2.45, 2.75) is 10.6 Å². The van der Waals surface area contributed by atoms with Gasteiger partial charge in [-0.1, -0.05) is 12.1 Å². The first-order valence-electron chi connectivity index (χ1n) is 5.74. The second-order valence-corrected chi connectivity index (χ2v) is 5.07. The van der Waals surface area contributed by atoms with E-state index in [9.17, 15) is 4.39 Å². The smallest absolute Gasteiger partial charge is 0.205 e. The Morgan fingerprint density at radius 2 is 2.05 bits per heavy atom. The minimum atomic E-state index is -0.229. The molecule has 2 aromatic carbocycles. The molecule has 0 aliphatic heterocycles. The van der Waals surface area contributed by atoms with Crippen LogP contribution in [0.2, 0.25) is 0 Å². The first-order valence-corrected chi connectivity index (χ1v) is 6.73. The zero-order valence-electron chi connectivity index (χ0n) is 9.97. The molecule has 0 atom stereocenters. The van der Waals surface area contributed by atoms with E-state index in [1.54, 1.807) is 36.4 Å². The Bertz CT molecular complexity index is 726. The average molecular weight is 274 g/mol. The maximum Gasteiger partial charge on any atom is 0.205 e. The van der Waals surface area contributed by atoms with Crippen LogP contribution in [-0.2, 0) is 5.75 Å². The SMILES string of the molecule is Nc1ccc2oc(CSc3ccccc3F)nc2c1. The molecule has 3 nitrogen and oxygen atoms in total. The first kappa shape index (κ1) is 12.0. The third-order valence-corrected chi connectivity index (χ3v) is 3.68. The Hall–Kier alpha value is -2.01. The number of nitrogens with two attached hydrogens (primary N) is 1. The van der Waals surface area contributed by atoms with E-state index in [1.165, 1.54) is 17.8 Å². The summed E-state index contributed by atoms with van der Waals surface area (Å²) in [5.74, 6) is 0.817. The number of benzene rings is 2. The van der Waals surface area contributed by atoms with E-state index in [2.05, 4.69) is 4.98 Å². The van der Waals surface area contributed by atoms with Gasteiger partial charge in [0.2, 0.25) is 5.89 Å². The first-order chi connectivity index (χ1) is 9.22. The molecule has 0 fully saturated rings. The molecular formula is C14H11FN2OS. The number of oxazole rings is 1. The molecule has 96 valence electrons. The molecule has 0 bridgehead atoms. The van der Waals surface area contributed by atoms with Crippen LogP contribution in [0, 0.1) is 5.82 Å². The van der Waals surface area contributed by atoms with Crippen molar-refractivity contribution < 1.29 is 8.81 Å². The summed E-state index contributed by atoms with van der Waals surface area (Å²) in [7, 11) is 0. The summed E-state index contributed by atoms with van der Waals surface area (Å²) in [6.45, 7) is 0. The number of anilines is 1. The van der Waals surface area contributed by atoms with Crippen molar-refractivity contribution in [1.82, 2.24) is 4.98 Å². The lowest BCUT2D eigenvalue weighted by Gasteiger charge is -1.99. The number of thioether (sulfide) groups is 1. The number of halogens is 1. The van der Waals surface area contributed by atoms with Gasteiger partial charge in [0.05, 0.1) is 5.75 Å². The van der Waals surface area contributed by atoms with E-state index in [1.807, 2.05) is 0 Å². The van der Waals surface area contributed by atoms with E-state index >= 15 is 0 Å². The summed E-state index contributed by atoms with van der Waals surface area (Å²) in [4.78, 5) is 4.92. The van der Waals surface area contributed by atoms with Gasteiger partial charge in [-0.3, -0.25) is 0 Å². The van der Waals surface area contributed by atoms with Crippen molar-refractivity contribution in [2.24, 2.45) is 0 Å². The number of aromatic nitrogens is 1. The number of hydrogen-bond donors (Lipinski definition) is 1. The number of fused-ring (bicyclic) bond motifs is 1. The summed E-state index contributed by atoms with van der Waals surface area (Å²) >= 11 is 1.36. The molecule has 0 amide bonds. The maximum absolute atomic E-state index is 13.5. The number of rotatable bonds is 3. The van der Waals surface area contributed by atoms with Gasteiger partial charge in [-0.15, -0.1) is 11.8 Å². The molecule has 19 heavy (non-hydrogen) atoms. The molecule has 0 saturated heterocycles. The van der Waals surface area contributed by atoms with Crippen LogP contribution >= 0.6 is 11.8 Å². The highest BCUT2D eigenvalue weighted by Crippen LogP contribution is 2.27. The van der Waals surface area contributed by atoms with Gasteiger partial charge in [-0.2, -0.15) is 0 Å². The molecule has 5 heteroatoms. The van der Waals surface area contributed by atoms with Gasteiger partial charge in [0.25, 0.3) is 0 Å². The quantitative estimate of drug-likeness (QED) is 0.582. The predicted octanol–water partition coefficient (Wildman–Crippen LogP) is 3.84. The molecule has 0 aliphatic rings. The van der Waals surface area contributed by atoms with Crippen LogP contribution in [0.5, 0.6) is 0 Å². The molecule has 3 rings (SSSR count). The lowest BCUT2D eigenvalue weighted by Crippen LogP contribution is -1.84. The topological polar surface area (TPSA) is 52.0 Å². The van der Waals surface area contributed by atoms with E-state index in [0.717, 1.165) is 5.52 Å². The number of nitrogens with zero attached hydrogens (tertiary/aromatic N) is 1. The Balaban J connectivity index is 1.80. The van der Waals surface area contributed by atoms with Gasteiger partial charge >= 0.3 is 0 Å². The standard InChI is InChI=1S/C14H11FN2OS/c15-10-3-1-2-4-13(10)19-8-14-17-11-7-9(16)5-6-12(11)18-14/h1-7H,8,16H2. The van der Waals surface area contributed by atoms with Crippen molar-refractivity contribution in [3.63, 3.8) is 0 Å². The average Bonchev–Trinajstić information content (AvgIpc) is 2.79. The van der Waals surface area contributed by atoms with Crippen LogP contribution in [0.4, 0.5) is 10.1 Å². The highest BCUT2D eigenvalue weighted by Gasteiger charge is 2.08. The molecule has 0 aliphatic carbocycles. The van der Waals surface area contributed by atoms with E-state index in [-0.39, 0.29) is 5.82 Å². The normalized spacial score (nSPS) is 11.0. The molecule has 0 radical (unpaired) electrons. The Labute approximate surface area is 113 Å². The number of nitrogen functional groups attached to an aromatic ring is 1. The van der Waals surface area contributed by atoms with Crippen molar-refractivity contribution in [3.05, 3.63) is 54.2 Å². The second-order valence-electron chi connectivity index (χ2n) is 4.05. The molecule has 1 heterocycles. The fourth-order valence-electron chi connectivity index (χ4n) is 1.76. The van der Waals surface area contributed by atoms with Crippen LogP contribution in [0.25, 0.3) is 11.1 Å². The fraction of sp³-hybridized carbons (Fsp3) is 0.0714.